The van der Waals surface area contributed by atoms with Gasteiger partial charge in [0.05, 0.1) is 26.2 Å². The Morgan fingerprint density at radius 2 is 1.65 bits per heavy atom. The van der Waals surface area contributed by atoms with E-state index in [1.54, 1.807) is 14.2 Å². The minimum atomic E-state index is -0.197. The maximum absolute atomic E-state index is 9.41. The Labute approximate surface area is 119 Å². The molecule has 0 fully saturated rings. The van der Waals surface area contributed by atoms with Crippen molar-refractivity contribution in [2.45, 2.75) is 12.3 Å². The smallest absolute Gasteiger partial charge is 0.119 e. The number of nitriles is 1. The summed E-state index contributed by atoms with van der Waals surface area (Å²) < 4.78 is 10.4. The van der Waals surface area contributed by atoms with E-state index in [-0.39, 0.29) is 5.92 Å². The third-order valence-corrected chi connectivity index (χ3v) is 3.23. The summed E-state index contributed by atoms with van der Waals surface area (Å²) in [4.78, 5) is 0. The monoisotopic (exact) mass is 267 g/mol. The quantitative estimate of drug-likeness (QED) is 0.832. The zero-order chi connectivity index (χ0) is 14.4. The molecule has 2 aromatic rings. The van der Waals surface area contributed by atoms with Crippen molar-refractivity contribution in [2.75, 3.05) is 14.2 Å². The van der Waals surface area contributed by atoms with Crippen LogP contribution in [0.25, 0.3) is 0 Å². The van der Waals surface area contributed by atoms with Gasteiger partial charge in [0.25, 0.3) is 0 Å². The number of benzene rings is 2. The molecule has 0 aromatic heterocycles. The van der Waals surface area contributed by atoms with Crippen LogP contribution < -0.4 is 9.47 Å². The Morgan fingerprint density at radius 3 is 2.30 bits per heavy atom. The number of ether oxygens (including phenoxy) is 2. The molecule has 0 spiro atoms. The van der Waals surface area contributed by atoms with Crippen molar-refractivity contribution in [1.29, 1.82) is 5.26 Å². The van der Waals surface area contributed by atoms with Crippen molar-refractivity contribution in [3.05, 3.63) is 59.7 Å². The van der Waals surface area contributed by atoms with Crippen LogP contribution in [0, 0.1) is 11.3 Å². The summed E-state index contributed by atoms with van der Waals surface area (Å²) in [5.74, 6) is 1.38. The summed E-state index contributed by atoms with van der Waals surface area (Å²) >= 11 is 0. The standard InChI is InChI=1S/C17H17NO2/c1-19-16-7-3-5-13(10-16)9-15(12-18)14-6-4-8-17(11-14)20-2/h3-8,10-11,15H,9H2,1-2H3. The summed E-state index contributed by atoms with van der Waals surface area (Å²) in [7, 11) is 3.27. The highest BCUT2D eigenvalue weighted by molar-refractivity contribution is 5.36. The minimum Gasteiger partial charge on any atom is -0.497 e. The molecule has 0 aliphatic rings. The Hall–Kier alpha value is -2.47. The molecule has 0 saturated carbocycles. The van der Waals surface area contributed by atoms with Crippen LogP contribution in [0.1, 0.15) is 17.0 Å². The maximum atomic E-state index is 9.41. The molecule has 3 heteroatoms. The highest BCUT2D eigenvalue weighted by Crippen LogP contribution is 2.25. The van der Waals surface area contributed by atoms with Gasteiger partial charge in [-0.15, -0.1) is 0 Å². The van der Waals surface area contributed by atoms with E-state index in [1.165, 1.54) is 0 Å². The van der Waals surface area contributed by atoms with Gasteiger partial charge in [0.15, 0.2) is 0 Å². The lowest BCUT2D eigenvalue weighted by Crippen LogP contribution is -2.01. The van der Waals surface area contributed by atoms with Crippen molar-refractivity contribution in [1.82, 2.24) is 0 Å². The first-order chi connectivity index (χ1) is 9.76. The Bertz CT molecular complexity index is 616. The molecule has 1 atom stereocenters. The van der Waals surface area contributed by atoms with E-state index in [0.717, 1.165) is 22.6 Å². The van der Waals surface area contributed by atoms with E-state index in [4.69, 9.17) is 9.47 Å². The van der Waals surface area contributed by atoms with Crippen molar-refractivity contribution >= 4 is 0 Å². The molecular formula is C17H17NO2. The summed E-state index contributed by atoms with van der Waals surface area (Å²) in [5.41, 5.74) is 2.05. The van der Waals surface area contributed by atoms with Gasteiger partial charge in [-0.1, -0.05) is 24.3 Å². The molecule has 0 N–H and O–H groups in total. The van der Waals surface area contributed by atoms with Gasteiger partial charge >= 0.3 is 0 Å². The van der Waals surface area contributed by atoms with Gasteiger partial charge in [0, 0.05) is 0 Å². The van der Waals surface area contributed by atoms with E-state index in [0.29, 0.717) is 6.42 Å². The lowest BCUT2D eigenvalue weighted by molar-refractivity contribution is 0.413. The topological polar surface area (TPSA) is 42.2 Å². The number of nitrogens with zero attached hydrogens (tertiary/aromatic N) is 1. The number of hydrogen-bond acceptors (Lipinski definition) is 3. The molecular weight excluding hydrogens is 250 g/mol. The molecule has 0 aliphatic carbocycles. The van der Waals surface area contributed by atoms with E-state index in [1.807, 2.05) is 48.5 Å². The summed E-state index contributed by atoms with van der Waals surface area (Å²) in [6, 6.07) is 17.8. The van der Waals surface area contributed by atoms with Crippen LogP contribution in [0.3, 0.4) is 0 Å². The predicted molar refractivity (Wildman–Crippen MR) is 78.0 cm³/mol. The molecule has 2 rings (SSSR count). The second kappa shape index (κ2) is 6.63. The van der Waals surface area contributed by atoms with Crippen LogP contribution in [-0.4, -0.2) is 14.2 Å². The van der Waals surface area contributed by atoms with Crippen LogP contribution in [0.15, 0.2) is 48.5 Å². The van der Waals surface area contributed by atoms with Gasteiger partial charge in [0.2, 0.25) is 0 Å². The molecule has 2 aromatic carbocycles. The van der Waals surface area contributed by atoms with Crippen molar-refractivity contribution in [3.63, 3.8) is 0 Å². The molecule has 20 heavy (non-hydrogen) atoms. The van der Waals surface area contributed by atoms with Crippen molar-refractivity contribution < 1.29 is 9.47 Å². The molecule has 0 bridgehead atoms. The fourth-order valence-corrected chi connectivity index (χ4v) is 2.13. The highest BCUT2D eigenvalue weighted by atomic mass is 16.5. The van der Waals surface area contributed by atoms with E-state index < -0.39 is 0 Å². The third kappa shape index (κ3) is 3.30. The number of methoxy groups -OCH3 is 2. The molecule has 0 saturated heterocycles. The van der Waals surface area contributed by atoms with Crippen LogP contribution in [0.4, 0.5) is 0 Å². The number of rotatable bonds is 5. The second-order valence-corrected chi connectivity index (χ2v) is 4.51. The first-order valence-corrected chi connectivity index (χ1v) is 6.43. The Balaban J connectivity index is 2.22. The van der Waals surface area contributed by atoms with Gasteiger partial charge < -0.3 is 9.47 Å². The average molecular weight is 267 g/mol. The zero-order valence-electron chi connectivity index (χ0n) is 11.7. The van der Waals surface area contributed by atoms with Gasteiger partial charge in [-0.25, -0.2) is 0 Å². The fourth-order valence-electron chi connectivity index (χ4n) is 2.13. The van der Waals surface area contributed by atoms with E-state index in [2.05, 4.69) is 6.07 Å². The summed E-state index contributed by atoms with van der Waals surface area (Å²) in [5, 5.41) is 9.41. The fraction of sp³-hybridized carbons (Fsp3) is 0.235. The summed E-state index contributed by atoms with van der Waals surface area (Å²) in [6.07, 6.45) is 0.654. The molecule has 0 heterocycles. The third-order valence-electron chi connectivity index (χ3n) is 3.23. The average Bonchev–Trinajstić information content (AvgIpc) is 2.52. The van der Waals surface area contributed by atoms with Gasteiger partial charge in [-0.3, -0.25) is 0 Å². The van der Waals surface area contributed by atoms with Gasteiger partial charge in [-0.05, 0) is 41.8 Å². The molecule has 0 amide bonds. The maximum Gasteiger partial charge on any atom is 0.119 e. The van der Waals surface area contributed by atoms with Gasteiger partial charge in [-0.2, -0.15) is 5.26 Å². The summed E-state index contributed by atoms with van der Waals surface area (Å²) in [6.45, 7) is 0. The second-order valence-electron chi connectivity index (χ2n) is 4.51. The van der Waals surface area contributed by atoms with Crippen LogP contribution in [0.5, 0.6) is 11.5 Å². The molecule has 0 aliphatic heterocycles. The molecule has 1 unspecified atom stereocenters. The first kappa shape index (κ1) is 14.0. The lowest BCUT2D eigenvalue weighted by Gasteiger charge is -2.11. The van der Waals surface area contributed by atoms with Crippen LogP contribution in [-0.2, 0) is 6.42 Å². The SMILES string of the molecule is COc1cccc(CC(C#N)c2cccc(OC)c2)c1. The predicted octanol–water partition coefficient (Wildman–Crippen LogP) is 3.55. The highest BCUT2D eigenvalue weighted by Gasteiger charge is 2.12. The van der Waals surface area contributed by atoms with Gasteiger partial charge in [0.1, 0.15) is 11.5 Å². The van der Waals surface area contributed by atoms with Crippen LogP contribution in [0.2, 0.25) is 0 Å². The Kier molecular flexibility index (Phi) is 4.62. The largest absolute Gasteiger partial charge is 0.497 e. The van der Waals surface area contributed by atoms with Crippen LogP contribution >= 0.6 is 0 Å². The Morgan fingerprint density at radius 1 is 1.00 bits per heavy atom. The van der Waals surface area contributed by atoms with E-state index >= 15 is 0 Å². The van der Waals surface area contributed by atoms with E-state index in [9.17, 15) is 5.26 Å². The molecule has 0 radical (unpaired) electrons. The lowest BCUT2D eigenvalue weighted by atomic mass is 9.93. The zero-order valence-corrected chi connectivity index (χ0v) is 11.7. The minimum absolute atomic E-state index is 0.197. The van der Waals surface area contributed by atoms with Crippen molar-refractivity contribution in [3.8, 4) is 17.6 Å². The molecule has 3 nitrogen and oxygen atoms in total. The molecule has 102 valence electrons. The number of hydrogen-bond donors (Lipinski definition) is 0. The normalized spacial score (nSPS) is 11.4. The van der Waals surface area contributed by atoms with Crippen molar-refractivity contribution in [2.24, 2.45) is 0 Å². The first-order valence-electron chi connectivity index (χ1n) is 6.43.